The first-order valence-electron chi connectivity index (χ1n) is 6.28. The van der Waals surface area contributed by atoms with Crippen molar-refractivity contribution in [1.29, 1.82) is 0 Å². The van der Waals surface area contributed by atoms with Crippen molar-refractivity contribution in [3.8, 4) is 5.75 Å². The third-order valence-electron chi connectivity index (χ3n) is 3.23. The highest BCUT2D eigenvalue weighted by atomic mass is 35.5. The second-order valence-corrected chi connectivity index (χ2v) is 6.11. The van der Waals surface area contributed by atoms with Gasteiger partial charge in [-0.1, -0.05) is 39.3 Å². The van der Waals surface area contributed by atoms with Gasteiger partial charge in [0.15, 0.2) is 0 Å². The number of hydrogen-bond donors (Lipinski definition) is 1. The molecule has 1 aromatic rings. The number of rotatable bonds is 5. The van der Waals surface area contributed by atoms with Gasteiger partial charge in [-0.2, -0.15) is 0 Å². The molecule has 0 aliphatic heterocycles. The molecule has 0 heterocycles. The van der Waals surface area contributed by atoms with Gasteiger partial charge < -0.3 is 9.84 Å². The molecule has 1 rings (SSSR count). The summed E-state index contributed by atoms with van der Waals surface area (Å²) in [4.78, 5) is 11.0. The molecular weight excluding hydrogens is 264 g/mol. The standard InChI is InChI=1S/C15H21ClO3/c1-9(2)14-11(15(3,4)8-13(17)18)6-10(16)7-12(14)19-5/h6-7,9H,8H2,1-5H3,(H,17,18). The number of carboxylic acids is 1. The van der Waals surface area contributed by atoms with Gasteiger partial charge in [-0.25, -0.2) is 0 Å². The van der Waals surface area contributed by atoms with E-state index in [4.69, 9.17) is 21.4 Å². The highest BCUT2D eigenvalue weighted by Crippen LogP contribution is 2.40. The average Bonchev–Trinajstić information content (AvgIpc) is 2.25. The zero-order chi connectivity index (χ0) is 14.8. The SMILES string of the molecule is COc1cc(Cl)cc(C(C)(C)CC(=O)O)c1C(C)C. The maximum Gasteiger partial charge on any atom is 0.304 e. The van der Waals surface area contributed by atoms with Crippen molar-refractivity contribution in [2.45, 2.75) is 45.4 Å². The van der Waals surface area contributed by atoms with Crippen LogP contribution in [0.3, 0.4) is 0 Å². The van der Waals surface area contributed by atoms with E-state index in [0.717, 1.165) is 16.9 Å². The minimum Gasteiger partial charge on any atom is -0.496 e. The molecule has 0 aliphatic rings. The zero-order valence-electron chi connectivity index (χ0n) is 12.1. The lowest BCUT2D eigenvalue weighted by atomic mass is 9.76. The molecule has 4 heteroatoms. The molecule has 0 atom stereocenters. The van der Waals surface area contributed by atoms with Crippen molar-refractivity contribution in [2.24, 2.45) is 0 Å². The number of ether oxygens (including phenoxy) is 1. The number of halogens is 1. The van der Waals surface area contributed by atoms with Crippen LogP contribution in [0, 0.1) is 0 Å². The van der Waals surface area contributed by atoms with Crippen molar-refractivity contribution < 1.29 is 14.6 Å². The number of aliphatic carboxylic acids is 1. The topological polar surface area (TPSA) is 46.5 Å². The Morgan fingerprint density at radius 2 is 2.00 bits per heavy atom. The Morgan fingerprint density at radius 1 is 1.42 bits per heavy atom. The van der Waals surface area contributed by atoms with Crippen LogP contribution in [0.5, 0.6) is 5.75 Å². The number of carbonyl (C=O) groups is 1. The van der Waals surface area contributed by atoms with Crippen molar-refractivity contribution in [1.82, 2.24) is 0 Å². The molecule has 19 heavy (non-hydrogen) atoms. The fourth-order valence-electron chi connectivity index (χ4n) is 2.39. The van der Waals surface area contributed by atoms with E-state index in [-0.39, 0.29) is 12.3 Å². The summed E-state index contributed by atoms with van der Waals surface area (Å²) < 4.78 is 5.40. The van der Waals surface area contributed by atoms with Crippen LogP contribution < -0.4 is 4.74 Å². The third-order valence-corrected chi connectivity index (χ3v) is 3.44. The fourth-order valence-corrected chi connectivity index (χ4v) is 2.60. The fraction of sp³-hybridized carbons (Fsp3) is 0.533. The van der Waals surface area contributed by atoms with Gasteiger partial charge in [-0.15, -0.1) is 0 Å². The normalized spacial score (nSPS) is 11.7. The number of carboxylic acid groups (broad SMARTS) is 1. The Bertz CT molecular complexity index is 479. The molecule has 0 spiro atoms. The maximum absolute atomic E-state index is 11.0. The Morgan fingerprint density at radius 3 is 2.42 bits per heavy atom. The molecule has 3 nitrogen and oxygen atoms in total. The largest absolute Gasteiger partial charge is 0.496 e. The van der Waals surface area contributed by atoms with Crippen molar-refractivity contribution >= 4 is 17.6 Å². The first-order chi connectivity index (χ1) is 8.69. The summed E-state index contributed by atoms with van der Waals surface area (Å²) in [7, 11) is 1.60. The third kappa shape index (κ3) is 3.63. The minimum absolute atomic E-state index is 0.0518. The minimum atomic E-state index is -0.821. The van der Waals surface area contributed by atoms with E-state index in [2.05, 4.69) is 13.8 Å². The van der Waals surface area contributed by atoms with Crippen molar-refractivity contribution in [3.05, 3.63) is 28.3 Å². The van der Waals surface area contributed by atoms with Crippen LogP contribution in [-0.4, -0.2) is 18.2 Å². The first kappa shape index (κ1) is 15.8. The van der Waals surface area contributed by atoms with Crippen molar-refractivity contribution in [2.75, 3.05) is 7.11 Å². The van der Waals surface area contributed by atoms with E-state index >= 15 is 0 Å². The van der Waals surface area contributed by atoms with Crippen LogP contribution in [0.15, 0.2) is 12.1 Å². The molecule has 0 bridgehead atoms. The van der Waals surface area contributed by atoms with Gasteiger partial charge >= 0.3 is 5.97 Å². The summed E-state index contributed by atoms with van der Waals surface area (Å²) in [5.74, 6) is 0.130. The summed E-state index contributed by atoms with van der Waals surface area (Å²) >= 11 is 6.12. The smallest absolute Gasteiger partial charge is 0.304 e. The van der Waals surface area contributed by atoms with Gasteiger partial charge in [-0.05, 0) is 23.6 Å². The zero-order valence-corrected chi connectivity index (χ0v) is 12.8. The highest BCUT2D eigenvalue weighted by molar-refractivity contribution is 6.30. The van der Waals surface area contributed by atoms with E-state index in [1.54, 1.807) is 13.2 Å². The summed E-state index contributed by atoms with van der Waals surface area (Å²) in [5, 5.41) is 9.64. The summed E-state index contributed by atoms with van der Waals surface area (Å²) in [6, 6.07) is 3.62. The predicted octanol–water partition coefficient (Wildman–Crippen LogP) is 4.22. The van der Waals surface area contributed by atoms with E-state index in [9.17, 15) is 4.79 Å². The molecule has 0 fully saturated rings. The first-order valence-corrected chi connectivity index (χ1v) is 6.66. The average molecular weight is 285 g/mol. The quantitative estimate of drug-likeness (QED) is 0.880. The monoisotopic (exact) mass is 284 g/mol. The number of methoxy groups -OCH3 is 1. The van der Waals surface area contributed by atoms with Gasteiger partial charge in [0.05, 0.1) is 13.5 Å². The van der Waals surface area contributed by atoms with Crippen LogP contribution in [-0.2, 0) is 10.2 Å². The summed E-state index contributed by atoms with van der Waals surface area (Å²) in [5.41, 5.74) is 1.47. The van der Waals surface area contributed by atoms with Crippen LogP contribution in [0.25, 0.3) is 0 Å². The molecule has 0 amide bonds. The Labute approximate surface area is 119 Å². The Kier molecular flexibility index (Phi) is 4.86. The van der Waals surface area contributed by atoms with Gasteiger partial charge in [0.1, 0.15) is 5.75 Å². The molecule has 1 N–H and O–H groups in total. The van der Waals surface area contributed by atoms with Gasteiger partial charge in [-0.3, -0.25) is 4.79 Å². The van der Waals surface area contributed by atoms with Crippen LogP contribution >= 0.6 is 11.6 Å². The lowest BCUT2D eigenvalue weighted by molar-refractivity contribution is -0.138. The van der Waals surface area contributed by atoms with Crippen LogP contribution in [0.4, 0.5) is 0 Å². The lowest BCUT2D eigenvalue weighted by Gasteiger charge is -2.29. The molecule has 0 saturated carbocycles. The maximum atomic E-state index is 11.0. The second kappa shape index (κ2) is 5.83. The van der Waals surface area contributed by atoms with E-state index in [1.807, 2.05) is 19.9 Å². The van der Waals surface area contributed by atoms with Crippen LogP contribution in [0.2, 0.25) is 5.02 Å². The molecule has 0 radical (unpaired) electrons. The van der Waals surface area contributed by atoms with E-state index in [0.29, 0.717) is 5.02 Å². The molecule has 1 aromatic carbocycles. The predicted molar refractivity (Wildman–Crippen MR) is 77.4 cm³/mol. The van der Waals surface area contributed by atoms with Gasteiger partial charge in [0, 0.05) is 16.0 Å². The summed E-state index contributed by atoms with van der Waals surface area (Å²) in [6.07, 6.45) is 0.0518. The molecule has 0 aliphatic carbocycles. The lowest BCUT2D eigenvalue weighted by Crippen LogP contribution is -2.24. The molecule has 0 unspecified atom stereocenters. The van der Waals surface area contributed by atoms with Gasteiger partial charge in [0.2, 0.25) is 0 Å². The Balaban J connectivity index is 3.48. The Hall–Kier alpha value is -1.22. The van der Waals surface area contributed by atoms with E-state index in [1.165, 1.54) is 0 Å². The summed E-state index contributed by atoms with van der Waals surface area (Å²) in [6.45, 7) is 7.95. The molecular formula is C15H21ClO3. The van der Waals surface area contributed by atoms with E-state index < -0.39 is 11.4 Å². The molecule has 0 saturated heterocycles. The molecule has 0 aromatic heterocycles. The molecule has 106 valence electrons. The highest BCUT2D eigenvalue weighted by Gasteiger charge is 2.29. The van der Waals surface area contributed by atoms with Crippen molar-refractivity contribution in [3.63, 3.8) is 0 Å². The number of benzene rings is 1. The van der Waals surface area contributed by atoms with Gasteiger partial charge in [0.25, 0.3) is 0 Å². The van der Waals surface area contributed by atoms with Crippen LogP contribution in [0.1, 0.15) is 51.2 Å². The number of hydrogen-bond acceptors (Lipinski definition) is 2. The second-order valence-electron chi connectivity index (χ2n) is 5.68.